The summed E-state index contributed by atoms with van der Waals surface area (Å²) in [5.41, 5.74) is 2.19. The fraction of sp³-hybridized carbons (Fsp3) is 0.240. The molecular formula is C25H23F3N6O. The van der Waals surface area contributed by atoms with Crippen LogP contribution in [0.1, 0.15) is 6.92 Å². The molecule has 2 aromatic heterocycles. The van der Waals surface area contributed by atoms with Gasteiger partial charge in [-0.2, -0.15) is 0 Å². The Morgan fingerprint density at radius 1 is 1.00 bits per heavy atom. The van der Waals surface area contributed by atoms with Crippen molar-refractivity contribution in [2.45, 2.75) is 13.0 Å². The minimum atomic E-state index is -0.622. The van der Waals surface area contributed by atoms with Gasteiger partial charge in [0.25, 0.3) is 0 Å². The highest BCUT2D eigenvalue weighted by atomic mass is 19.1. The van der Waals surface area contributed by atoms with Crippen molar-refractivity contribution in [2.75, 3.05) is 36.4 Å². The molecule has 1 amide bonds. The number of carbonyl (C=O) groups excluding carboxylic acids is 1. The number of hydrogen-bond acceptors (Lipinski definition) is 5. The molecule has 0 saturated carbocycles. The van der Waals surface area contributed by atoms with Gasteiger partial charge in [-0.05, 0) is 43.3 Å². The summed E-state index contributed by atoms with van der Waals surface area (Å²) in [7, 11) is 0. The molecule has 1 N–H and O–H groups in total. The van der Waals surface area contributed by atoms with Crippen molar-refractivity contribution in [1.29, 1.82) is 0 Å². The first-order chi connectivity index (χ1) is 16.9. The number of imidazole rings is 1. The van der Waals surface area contributed by atoms with Crippen LogP contribution in [0.25, 0.3) is 16.9 Å². The predicted octanol–water partition coefficient (Wildman–Crippen LogP) is 3.96. The number of anilines is 2. The number of nitrogens with one attached hydrogen (secondary N) is 1. The van der Waals surface area contributed by atoms with Crippen LogP contribution in [0.15, 0.2) is 61.1 Å². The van der Waals surface area contributed by atoms with Gasteiger partial charge in [0.1, 0.15) is 35.0 Å². The van der Waals surface area contributed by atoms with Gasteiger partial charge < -0.3 is 15.1 Å². The van der Waals surface area contributed by atoms with Crippen LogP contribution in [0.3, 0.4) is 0 Å². The number of nitrogens with zero attached hydrogens (tertiary/aromatic N) is 5. The van der Waals surface area contributed by atoms with Gasteiger partial charge in [-0.3, -0.25) is 14.2 Å². The molecule has 7 nitrogen and oxygen atoms in total. The lowest BCUT2D eigenvalue weighted by atomic mass is 10.1. The van der Waals surface area contributed by atoms with E-state index in [0.717, 1.165) is 6.07 Å². The summed E-state index contributed by atoms with van der Waals surface area (Å²) in [6.07, 6.45) is 4.97. The molecule has 180 valence electrons. The van der Waals surface area contributed by atoms with Crippen LogP contribution < -0.4 is 10.2 Å². The van der Waals surface area contributed by atoms with Crippen molar-refractivity contribution < 1.29 is 18.0 Å². The Balaban J connectivity index is 1.32. The molecule has 1 unspecified atom stereocenters. The van der Waals surface area contributed by atoms with Crippen LogP contribution in [-0.2, 0) is 4.79 Å². The number of aromatic nitrogens is 3. The van der Waals surface area contributed by atoms with Crippen molar-refractivity contribution >= 4 is 23.1 Å². The number of benzene rings is 2. The quantitative estimate of drug-likeness (QED) is 0.469. The Hall–Kier alpha value is -4.08. The number of fused-ring (bicyclic) bond motifs is 1. The van der Waals surface area contributed by atoms with E-state index in [9.17, 15) is 18.0 Å². The van der Waals surface area contributed by atoms with Gasteiger partial charge in [0, 0.05) is 50.2 Å². The minimum absolute atomic E-state index is 0.113. The van der Waals surface area contributed by atoms with E-state index in [0.29, 0.717) is 54.6 Å². The third-order valence-corrected chi connectivity index (χ3v) is 6.11. The maximum atomic E-state index is 14.2. The zero-order valence-electron chi connectivity index (χ0n) is 19.0. The third-order valence-electron chi connectivity index (χ3n) is 6.11. The highest BCUT2D eigenvalue weighted by molar-refractivity contribution is 5.86. The van der Waals surface area contributed by atoms with E-state index in [2.05, 4.69) is 15.3 Å². The number of hydrogen-bond donors (Lipinski definition) is 1. The smallest absolute Gasteiger partial charge is 0.244 e. The SMILES string of the molecule is CC(Nc1c(-c2ccc(F)cc2)nc2cnccn12)C(=O)N1CCN(c2ccc(F)cc2F)CC1. The van der Waals surface area contributed by atoms with E-state index in [1.165, 1.54) is 24.3 Å². The molecule has 0 bridgehead atoms. The number of carbonyl (C=O) groups is 1. The molecule has 0 aliphatic carbocycles. The number of amides is 1. The standard InChI is InChI=1S/C25H23F3N6O/c1-16(25(35)33-12-10-32(11-13-33)21-7-6-19(27)14-20(21)28)30-24-23(17-2-4-18(26)5-3-17)31-22-15-29-8-9-34(22)24/h2-9,14-16,30H,10-13H2,1H3. The molecule has 1 aliphatic rings. The number of halogens is 3. The van der Waals surface area contributed by atoms with Crippen LogP contribution >= 0.6 is 0 Å². The van der Waals surface area contributed by atoms with Crippen molar-refractivity contribution in [3.05, 3.63) is 78.5 Å². The minimum Gasteiger partial charge on any atom is -0.366 e. The summed E-state index contributed by atoms with van der Waals surface area (Å²) in [6.45, 7) is 3.45. The fourth-order valence-electron chi connectivity index (χ4n) is 4.30. The lowest BCUT2D eigenvalue weighted by Gasteiger charge is -2.37. The van der Waals surface area contributed by atoms with Crippen LogP contribution in [-0.4, -0.2) is 57.4 Å². The summed E-state index contributed by atoms with van der Waals surface area (Å²) < 4.78 is 42.6. The number of rotatable bonds is 5. The normalized spacial score (nSPS) is 14.9. The van der Waals surface area contributed by atoms with E-state index in [1.807, 2.05) is 0 Å². The Morgan fingerprint density at radius 3 is 2.43 bits per heavy atom. The second-order valence-corrected chi connectivity index (χ2v) is 8.39. The maximum Gasteiger partial charge on any atom is 0.244 e. The molecule has 0 radical (unpaired) electrons. The van der Waals surface area contributed by atoms with Crippen LogP contribution in [0.4, 0.5) is 24.7 Å². The monoisotopic (exact) mass is 480 g/mol. The van der Waals surface area contributed by atoms with E-state index in [4.69, 9.17) is 0 Å². The lowest BCUT2D eigenvalue weighted by molar-refractivity contribution is -0.131. The van der Waals surface area contributed by atoms with Crippen LogP contribution in [0.2, 0.25) is 0 Å². The first-order valence-corrected chi connectivity index (χ1v) is 11.2. The van der Waals surface area contributed by atoms with Gasteiger partial charge in [-0.1, -0.05) is 0 Å². The van der Waals surface area contributed by atoms with Gasteiger partial charge in [0.05, 0.1) is 11.9 Å². The Morgan fingerprint density at radius 2 is 1.71 bits per heavy atom. The Kier molecular flexibility index (Phi) is 6.02. The highest BCUT2D eigenvalue weighted by Gasteiger charge is 2.27. The van der Waals surface area contributed by atoms with Crippen molar-refractivity contribution in [2.24, 2.45) is 0 Å². The van der Waals surface area contributed by atoms with Crippen molar-refractivity contribution in [3.63, 3.8) is 0 Å². The molecule has 35 heavy (non-hydrogen) atoms. The molecule has 3 heterocycles. The zero-order valence-corrected chi connectivity index (χ0v) is 19.0. The lowest BCUT2D eigenvalue weighted by Crippen LogP contribution is -2.52. The summed E-state index contributed by atoms with van der Waals surface area (Å²) in [4.78, 5) is 25.5. The topological polar surface area (TPSA) is 65.8 Å². The Bertz CT molecular complexity index is 1370. The van der Waals surface area contributed by atoms with E-state index in [1.54, 1.807) is 51.8 Å². The molecule has 1 atom stereocenters. The molecule has 10 heteroatoms. The number of piperazine rings is 1. The summed E-state index contributed by atoms with van der Waals surface area (Å²) in [5.74, 6) is -1.10. The fourth-order valence-corrected chi connectivity index (χ4v) is 4.30. The molecule has 1 aliphatic heterocycles. The first kappa shape index (κ1) is 22.7. The van der Waals surface area contributed by atoms with Gasteiger partial charge in [-0.25, -0.2) is 18.2 Å². The molecule has 1 saturated heterocycles. The predicted molar refractivity (Wildman–Crippen MR) is 127 cm³/mol. The molecule has 5 rings (SSSR count). The average molecular weight is 480 g/mol. The van der Waals surface area contributed by atoms with Gasteiger partial charge in [0.2, 0.25) is 5.91 Å². The van der Waals surface area contributed by atoms with Crippen LogP contribution in [0, 0.1) is 17.5 Å². The first-order valence-electron chi connectivity index (χ1n) is 11.2. The molecule has 1 fully saturated rings. The second kappa shape index (κ2) is 9.28. The van der Waals surface area contributed by atoms with Gasteiger partial charge in [0.15, 0.2) is 5.65 Å². The Labute approximate surface area is 199 Å². The third kappa shape index (κ3) is 4.51. The zero-order chi connectivity index (χ0) is 24.5. The van der Waals surface area contributed by atoms with Gasteiger partial charge in [-0.15, -0.1) is 0 Å². The van der Waals surface area contributed by atoms with E-state index < -0.39 is 17.7 Å². The maximum absolute atomic E-state index is 14.2. The largest absolute Gasteiger partial charge is 0.366 e. The molecule has 2 aromatic carbocycles. The van der Waals surface area contributed by atoms with Crippen LogP contribution in [0.5, 0.6) is 0 Å². The van der Waals surface area contributed by atoms with Gasteiger partial charge >= 0.3 is 0 Å². The molecule has 0 spiro atoms. The molecular weight excluding hydrogens is 457 g/mol. The average Bonchev–Trinajstić information content (AvgIpc) is 3.22. The van der Waals surface area contributed by atoms with E-state index in [-0.39, 0.29) is 11.7 Å². The summed E-state index contributed by atoms with van der Waals surface area (Å²) in [5, 5.41) is 3.27. The van der Waals surface area contributed by atoms with E-state index >= 15 is 0 Å². The molecule has 4 aromatic rings. The summed E-state index contributed by atoms with van der Waals surface area (Å²) in [6, 6.07) is 8.92. The summed E-state index contributed by atoms with van der Waals surface area (Å²) >= 11 is 0. The highest BCUT2D eigenvalue weighted by Crippen LogP contribution is 2.29. The van der Waals surface area contributed by atoms with Crippen molar-refractivity contribution in [1.82, 2.24) is 19.3 Å². The second-order valence-electron chi connectivity index (χ2n) is 8.39. The van der Waals surface area contributed by atoms with Crippen molar-refractivity contribution in [3.8, 4) is 11.3 Å².